The molecule has 0 saturated carbocycles. The van der Waals surface area contributed by atoms with Gasteiger partial charge >= 0.3 is 5.69 Å². The molecule has 4 rings (SSSR count). The van der Waals surface area contributed by atoms with Gasteiger partial charge in [0, 0.05) is 12.3 Å². The number of nitrogens with one attached hydrogen (secondary N) is 1. The molecule has 0 spiro atoms. The highest BCUT2D eigenvalue weighted by Crippen LogP contribution is 2.20. The first-order chi connectivity index (χ1) is 13.2. The number of aromatic amines is 1. The molecular weight excluding hydrogens is 358 g/mol. The van der Waals surface area contributed by atoms with E-state index < -0.39 is 0 Å². The molecule has 2 heterocycles. The molecule has 0 aliphatic heterocycles. The number of imidazole rings is 1. The van der Waals surface area contributed by atoms with Gasteiger partial charge in [-0.15, -0.1) is 10.2 Å². The number of thioether (sulfide) groups is 1. The van der Waals surface area contributed by atoms with Gasteiger partial charge in [0.2, 0.25) is 0 Å². The minimum atomic E-state index is -0.0516. The highest BCUT2D eigenvalue weighted by atomic mass is 32.2. The van der Waals surface area contributed by atoms with Gasteiger partial charge in [-0.25, -0.2) is 4.79 Å². The summed E-state index contributed by atoms with van der Waals surface area (Å²) in [5.41, 5.74) is 3.01. The Labute approximate surface area is 161 Å². The number of aryl methyl sites for hydroxylation is 2. The zero-order valence-electron chi connectivity index (χ0n) is 15.1. The number of hydrogen-bond acceptors (Lipinski definition) is 4. The molecule has 2 aromatic carbocycles. The van der Waals surface area contributed by atoms with Crippen LogP contribution >= 0.6 is 11.8 Å². The lowest BCUT2D eigenvalue weighted by Gasteiger charge is -2.08. The fourth-order valence-electron chi connectivity index (χ4n) is 3.13. The van der Waals surface area contributed by atoms with Crippen molar-refractivity contribution in [3.05, 3.63) is 76.5 Å². The lowest BCUT2D eigenvalue weighted by Crippen LogP contribution is -2.17. The van der Waals surface area contributed by atoms with Crippen LogP contribution in [-0.2, 0) is 13.1 Å². The largest absolute Gasteiger partial charge is 0.326 e. The Morgan fingerprint density at radius 1 is 1.00 bits per heavy atom. The second-order valence-electron chi connectivity index (χ2n) is 6.40. The van der Waals surface area contributed by atoms with Crippen molar-refractivity contribution < 1.29 is 0 Å². The number of H-pyrrole nitrogens is 1. The van der Waals surface area contributed by atoms with Crippen molar-refractivity contribution in [1.82, 2.24) is 24.3 Å². The number of fused-ring (bicyclic) bond motifs is 1. The molecule has 0 atom stereocenters. The van der Waals surface area contributed by atoms with E-state index in [2.05, 4.69) is 31.9 Å². The van der Waals surface area contributed by atoms with Gasteiger partial charge in [0.15, 0.2) is 5.16 Å². The van der Waals surface area contributed by atoms with Crippen LogP contribution in [0.25, 0.3) is 11.0 Å². The Bertz CT molecular complexity index is 1100. The molecule has 4 aromatic rings. The molecule has 138 valence electrons. The monoisotopic (exact) mass is 379 g/mol. The fraction of sp³-hybridized carbons (Fsp3) is 0.250. The van der Waals surface area contributed by atoms with Crippen LogP contribution in [0, 0.1) is 6.92 Å². The smallest absolute Gasteiger partial charge is 0.306 e. The third kappa shape index (κ3) is 3.83. The quantitative estimate of drug-likeness (QED) is 0.394. The van der Waals surface area contributed by atoms with Gasteiger partial charge in [-0.2, -0.15) is 0 Å². The van der Waals surface area contributed by atoms with Crippen molar-refractivity contribution >= 4 is 22.8 Å². The molecule has 6 nitrogen and oxygen atoms in total. The minimum Gasteiger partial charge on any atom is -0.306 e. The molecule has 0 saturated heterocycles. The summed E-state index contributed by atoms with van der Waals surface area (Å²) in [6, 6.07) is 18.1. The van der Waals surface area contributed by atoms with Gasteiger partial charge in [0.05, 0.1) is 17.6 Å². The molecule has 7 heteroatoms. The Morgan fingerprint density at radius 2 is 1.78 bits per heavy atom. The molecule has 0 amide bonds. The van der Waals surface area contributed by atoms with Crippen LogP contribution in [0.3, 0.4) is 0 Å². The minimum absolute atomic E-state index is 0.0516. The zero-order valence-corrected chi connectivity index (χ0v) is 15.9. The standard InChI is InChI=1S/C20H21N5OS/c1-15-22-23-20(25(15)14-16-8-3-2-4-9-16)27-13-7-12-24-18-11-6-5-10-17(18)21-19(24)26/h2-6,8-11H,7,12-14H2,1H3,(H,21,26). The molecule has 27 heavy (non-hydrogen) atoms. The van der Waals surface area contributed by atoms with Crippen LogP contribution in [0.15, 0.2) is 64.5 Å². The fourth-order valence-corrected chi connectivity index (χ4v) is 4.04. The summed E-state index contributed by atoms with van der Waals surface area (Å²) in [4.78, 5) is 15.0. The van der Waals surface area contributed by atoms with E-state index in [1.807, 2.05) is 49.4 Å². The average Bonchev–Trinajstić information content (AvgIpc) is 3.19. The SMILES string of the molecule is Cc1nnc(SCCCn2c(=O)[nH]c3ccccc32)n1Cc1ccccc1. The van der Waals surface area contributed by atoms with Crippen molar-refractivity contribution in [3.63, 3.8) is 0 Å². The van der Waals surface area contributed by atoms with Crippen LogP contribution in [-0.4, -0.2) is 30.1 Å². The first-order valence-electron chi connectivity index (χ1n) is 8.96. The Balaban J connectivity index is 1.40. The number of hydrogen-bond donors (Lipinski definition) is 1. The summed E-state index contributed by atoms with van der Waals surface area (Å²) >= 11 is 1.68. The van der Waals surface area contributed by atoms with Gasteiger partial charge in [-0.05, 0) is 31.0 Å². The number of aromatic nitrogens is 5. The van der Waals surface area contributed by atoms with Crippen LogP contribution in [0.2, 0.25) is 0 Å². The molecular formula is C20H21N5OS. The third-order valence-electron chi connectivity index (χ3n) is 4.52. The van der Waals surface area contributed by atoms with E-state index in [0.717, 1.165) is 40.7 Å². The Hall–Kier alpha value is -2.80. The lowest BCUT2D eigenvalue weighted by molar-refractivity contribution is 0.671. The zero-order chi connectivity index (χ0) is 18.6. The third-order valence-corrected chi connectivity index (χ3v) is 5.58. The summed E-state index contributed by atoms with van der Waals surface area (Å²) < 4.78 is 3.94. The molecule has 0 aliphatic carbocycles. The summed E-state index contributed by atoms with van der Waals surface area (Å²) in [5.74, 6) is 1.79. The molecule has 0 radical (unpaired) electrons. The van der Waals surface area contributed by atoms with Crippen molar-refractivity contribution in [2.24, 2.45) is 0 Å². The number of rotatable bonds is 7. The van der Waals surface area contributed by atoms with E-state index in [-0.39, 0.29) is 5.69 Å². The molecule has 0 bridgehead atoms. The normalized spacial score (nSPS) is 11.3. The number of benzene rings is 2. The van der Waals surface area contributed by atoms with Crippen molar-refractivity contribution in [2.75, 3.05) is 5.75 Å². The molecule has 2 aromatic heterocycles. The van der Waals surface area contributed by atoms with E-state index in [0.29, 0.717) is 6.54 Å². The lowest BCUT2D eigenvalue weighted by atomic mass is 10.2. The summed E-state index contributed by atoms with van der Waals surface area (Å²) in [5, 5.41) is 9.46. The maximum atomic E-state index is 12.1. The predicted octanol–water partition coefficient (Wildman–Crippen LogP) is 3.46. The molecule has 0 unspecified atom stereocenters. The van der Waals surface area contributed by atoms with Crippen LogP contribution in [0.4, 0.5) is 0 Å². The van der Waals surface area contributed by atoms with E-state index in [9.17, 15) is 4.79 Å². The van der Waals surface area contributed by atoms with Gasteiger partial charge < -0.3 is 9.55 Å². The average molecular weight is 379 g/mol. The molecule has 0 fully saturated rings. The van der Waals surface area contributed by atoms with Gasteiger partial charge in [0.25, 0.3) is 0 Å². The summed E-state index contributed by atoms with van der Waals surface area (Å²) in [6.45, 7) is 3.43. The second kappa shape index (κ2) is 7.84. The second-order valence-corrected chi connectivity index (χ2v) is 7.46. The summed E-state index contributed by atoms with van der Waals surface area (Å²) in [7, 11) is 0. The molecule has 1 N–H and O–H groups in total. The Morgan fingerprint density at radius 3 is 2.63 bits per heavy atom. The summed E-state index contributed by atoms with van der Waals surface area (Å²) in [6.07, 6.45) is 0.879. The van der Waals surface area contributed by atoms with Gasteiger partial charge in [-0.3, -0.25) is 4.57 Å². The first kappa shape index (κ1) is 17.6. The van der Waals surface area contributed by atoms with Crippen molar-refractivity contribution in [1.29, 1.82) is 0 Å². The predicted molar refractivity (Wildman–Crippen MR) is 108 cm³/mol. The Kier molecular flexibility index (Phi) is 5.11. The maximum Gasteiger partial charge on any atom is 0.326 e. The first-order valence-corrected chi connectivity index (χ1v) is 9.95. The molecule has 0 aliphatic rings. The number of para-hydroxylation sites is 2. The van der Waals surface area contributed by atoms with E-state index in [4.69, 9.17) is 0 Å². The van der Waals surface area contributed by atoms with Gasteiger partial charge in [0.1, 0.15) is 5.82 Å². The topological polar surface area (TPSA) is 68.5 Å². The van der Waals surface area contributed by atoms with Crippen molar-refractivity contribution in [3.8, 4) is 0 Å². The van der Waals surface area contributed by atoms with Crippen molar-refractivity contribution in [2.45, 2.75) is 31.6 Å². The highest BCUT2D eigenvalue weighted by molar-refractivity contribution is 7.99. The van der Waals surface area contributed by atoms with E-state index >= 15 is 0 Å². The maximum absolute atomic E-state index is 12.1. The van der Waals surface area contributed by atoms with E-state index in [1.54, 1.807) is 16.3 Å². The van der Waals surface area contributed by atoms with Crippen LogP contribution in [0.1, 0.15) is 17.8 Å². The highest BCUT2D eigenvalue weighted by Gasteiger charge is 2.10. The van der Waals surface area contributed by atoms with E-state index in [1.165, 1.54) is 5.56 Å². The van der Waals surface area contributed by atoms with Crippen LogP contribution < -0.4 is 5.69 Å². The van der Waals surface area contributed by atoms with Gasteiger partial charge in [-0.1, -0.05) is 54.2 Å². The number of nitrogens with zero attached hydrogens (tertiary/aromatic N) is 4. The van der Waals surface area contributed by atoms with Crippen LogP contribution in [0.5, 0.6) is 0 Å².